The third-order valence-corrected chi connectivity index (χ3v) is 3.49. The summed E-state index contributed by atoms with van der Waals surface area (Å²) in [5.41, 5.74) is -0.338. The number of hydrogen-bond donors (Lipinski definition) is 0. The molecule has 0 atom stereocenters. The molecule has 0 aromatic carbocycles. The van der Waals surface area contributed by atoms with Crippen molar-refractivity contribution in [1.82, 2.24) is 9.80 Å². The van der Waals surface area contributed by atoms with Gasteiger partial charge in [0.15, 0.2) is 5.72 Å². The lowest BCUT2D eigenvalue weighted by molar-refractivity contribution is -0.0792. The van der Waals surface area contributed by atoms with Crippen LogP contribution in [-0.4, -0.2) is 55.9 Å². The molecule has 1 aliphatic heterocycles. The van der Waals surface area contributed by atoms with Crippen LogP contribution in [0.4, 0.5) is 0 Å². The molecule has 89 valence electrons. The highest BCUT2D eigenvalue weighted by Gasteiger charge is 2.34. The number of likely N-dealkylation sites (N-methyl/N-ethyl adjacent to an activating group) is 1. The molecule has 0 N–H and O–H groups in total. The molecule has 0 amide bonds. The second-order valence-electron chi connectivity index (χ2n) is 4.63. The van der Waals surface area contributed by atoms with Crippen LogP contribution in [0.2, 0.25) is 0 Å². The molecule has 2 aliphatic rings. The average molecular weight is 221 g/mol. The van der Waals surface area contributed by atoms with Crippen molar-refractivity contribution in [2.45, 2.75) is 5.72 Å². The number of methoxy groups -OCH3 is 1. The van der Waals surface area contributed by atoms with Crippen molar-refractivity contribution in [3.05, 3.63) is 31.2 Å². The van der Waals surface area contributed by atoms with Gasteiger partial charge in [-0.25, -0.2) is 0 Å². The molecule has 1 aliphatic carbocycles. The molecule has 16 heavy (non-hydrogen) atoms. The Morgan fingerprint density at radius 2 is 1.75 bits per heavy atom. The Morgan fingerprint density at radius 1 is 1.19 bits per heavy atom. The van der Waals surface area contributed by atoms with Crippen LogP contribution < -0.4 is 0 Å². The standard InChI is InChI=1S/C13H21N2O/c1-12-4-6-13(16-3,7-5-12)15-10-8-14(2)9-11-15/h4-7,12H,1,8-11H2,2-3H3. The van der Waals surface area contributed by atoms with E-state index in [2.05, 4.69) is 48.1 Å². The minimum Gasteiger partial charge on any atom is -0.356 e. The average Bonchev–Trinajstić information content (AvgIpc) is 2.32. The molecule has 0 aromatic rings. The SMILES string of the molecule is [CH2]C1C=CC(OC)(N2CCN(C)CC2)C=C1. The normalized spacial score (nSPS) is 36.8. The molecule has 1 fully saturated rings. The monoisotopic (exact) mass is 221 g/mol. The van der Waals surface area contributed by atoms with Crippen LogP contribution in [0.1, 0.15) is 0 Å². The molecule has 0 saturated carbocycles. The quantitative estimate of drug-likeness (QED) is 0.651. The molecule has 0 aromatic heterocycles. The summed E-state index contributed by atoms with van der Waals surface area (Å²) >= 11 is 0. The van der Waals surface area contributed by atoms with Crippen molar-refractivity contribution in [3.8, 4) is 0 Å². The van der Waals surface area contributed by atoms with Gasteiger partial charge in [-0.15, -0.1) is 0 Å². The largest absolute Gasteiger partial charge is 0.356 e. The zero-order valence-corrected chi connectivity index (χ0v) is 10.2. The van der Waals surface area contributed by atoms with Gasteiger partial charge in [0, 0.05) is 33.3 Å². The molecule has 0 spiro atoms. The maximum absolute atomic E-state index is 5.71. The van der Waals surface area contributed by atoms with E-state index in [1.807, 2.05) is 0 Å². The Labute approximate surface area is 98.4 Å². The highest BCUT2D eigenvalue weighted by Crippen LogP contribution is 2.26. The van der Waals surface area contributed by atoms with Gasteiger partial charge in [-0.1, -0.05) is 12.2 Å². The van der Waals surface area contributed by atoms with Crippen molar-refractivity contribution in [2.75, 3.05) is 40.3 Å². The van der Waals surface area contributed by atoms with Gasteiger partial charge in [0.25, 0.3) is 0 Å². The fourth-order valence-corrected chi connectivity index (χ4v) is 2.27. The van der Waals surface area contributed by atoms with Crippen molar-refractivity contribution < 1.29 is 4.74 Å². The van der Waals surface area contributed by atoms with Gasteiger partial charge in [-0.3, -0.25) is 4.90 Å². The van der Waals surface area contributed by atoms with Crippen molar-refractivity contribution >= 4 is 0 Å². The zero-order chi connectivity index (χ0) is 11.6. The summed E-state index contributed by atoms with van der Waals surface area (Å²) in [4.78, 5) is 4.73. The predicted molar refractivity (Wildman–Crippen MR) is 65.9 cm³/mol. The Morgan fingerprint density at radius 3 is 2.25 bits per heavy atom. The van der Waals surface area contributed by atoms with Gasteiger partial charge in [-0.05, 0) is 32.0 Å². The van der Waals surface area contributed by atoms with Gasteiger partial charge >= 0.3 is 0 Å². The first-order valence-corrected chi connectivity index (χ1v) is 5.87. The Bertz CT molecular complexity index is 276. The van der Waals surface area contributed by atoms with E-state index in [0.29, 0.717) is 0 Å². The molecule has 2 rings (SSSR count). The predicted octanol–water partition coefficient (Wildman–Crippen LogP) is 1.15. The first kappa shape index (κ1) is 11.8. The van der Waals surface area contributed by atoms with E-state index in [4.69, 9.17) is 4.74 Å². The van der Waals surface area contributed by atoms with Crippen LogP contribution in [0.25, 0.3) is 0 Å². The lowest BCUT2D eigenvalue weighted by Crippen LogP contribution is -2.56. The smallest absolute Gasteiger partial charge is 0.159 e. The molecule has 0 unspecified atom stereocenters. The lowest BCUT2D eigenvalue weighted by Gasteiger charge is -2.44. The Hall–Kier alpha value is -0.640. The molecular weight excluding hydrogens is 200 g/mol. The first-order valence-electron chi connectivity index (χ1n) is 5.87. The summed E-state index contributed by atoms with van der Waals surface area (Å²) in [5, 5.41) is 0. The van der Waals surface area contributed by atoms with E-state index < -0.39 is 0 Å². The lowest BCUT2D eigenvalue weighted by atomic mass is 9.98. The summed E-state index contributed by atoms with van der Waals surface area (Å²) in [7, 11) is 3.94. The van der Waals surface area contributed by atoms with Crippen molar-refractivity contribution in [1.29, 1.82) is 0 Å². The molecule has 1 radical (unpaired) electrons. The summed E-state index contributed by atoms with van der Waals surface area (Å²) < 4.78 is 5.71. The second kappa shape index (κ2) is 4.70. The Balaban J connectivity index is 2.10. The number of nitrogens with zero attached hydrogens (tertiary/aromatic N) is 2. The molecule has 0 bridgehead atoms. The summed E-state index contributed by atoms with van der Waals surface area (Å²) in [6, 6.07) is 0. The summed E-state index contributed by atoms with van der Waals surface area (Å²) in [6.07, 6.45) is 8.50. The van der Waals surface area contributed by atoms with E-state index >= 15 is 0 Å². The van der Waals surface area contributed by atoms with Crippen LogP contribution >= 0.6 is 0 Å². The number of rotatable bonds is 2. The molecule has 3 nitrogen and oxygen atoms in total. The van der Waals surface area contributed by atoms with Crippen LogP contribution in [0.5, 0.6) is 0 Å². The summed E-state index contributed by atoms with van der Waals surface area (Å²) in [5.74, 6) is 0.274. The fraction of sp³-hybridized carbons (Fsp3) is 0.615. The fourth-order valence-electron chi connectivity index (χ4n) is 2.27. The minimum atomic E-state index is -0.338. The van der Waals surface area contributed by atoms with E-state index in [1.54, 1.807) is 7.11 Å². The molecule has 1 heterocycles. The number of allylic oxidation sites excluding steroid dienone is 2. The topological polar surface area (TPSA) is 15.7 Å². The summed E-state index contributed by atoms with van der Waals surface area (Å²) in [6.45, 7) is 8.28. The molecular formula is C13H21N2O. The highest BCUT2D eigenvalue weighted by atomic mass is 16.5. The van der Waals surface area contributed by atoms with Crippen LogP contribution in [-0.2, 0) is 4.74 Å². The Kier molecular flexibility index (Phi) is 3.47. The van der Waals surface area contributed by atoms with E-state index in [1.165, 1.54) is 0 Å². The molecule has 1 saturated heterocycles. The zero-order valence-electron chi connectivity index (χ0n) is 10.2. The highest BCUT2D eigenvalue weighted by molar-refractivity contribution is 5.23. The van der Waals surface area contributed by atoms with Gasteiger partial charge in [0.2, 0.25) is 0 Å². The third kappa shape index (κ3) is 2.21. The molecule has 3 heteroatoms. The van der Waals surface area contributed by atoms with Crippen molar-refractivity contribution in [2.24, 2.45) is 5.92 Å². The van der Waals surface area contributed by atoms with Crippen LogP contribution in [0, 0.1) is 12.8 Å². The van der Waals surface area contributed by atoms with Crippen LogP contribution in [0.15, 0.2) is 24.3 Å². The van der Waals surface area contributed by atoms with Gasteiger partial charge in [0.05, 0.1) is 0 Å². The van der Waals surface area contributed by atoms with Crippen LogP contribution in [0.3, 0.4) is 0 Å². The van der Waals surface area contributed by atoms with Crippen molar-refractivity contribution in [3.63, 3.8) is 0 Å². The van der Waals surface area contributed by atoms with Gasteiger partial charge in [-0.2, -0.15) is 0 Å². The van der Waals surface area contributed by atoms with Gasteiger partial charge < -0.3 is 9.64 Å². The minimum absolute atomic E-state index is 0.274. The maximum Gasteiger partial charge on any atom is 0.159 e. The third-order valence-electron chi connectivity index (χ3n) is 3.49. The second-order valence-corrected chi connectivity index (χ2v) is 4.63. The van der Waals surface area contributed by atoms with E-state index in [-0.39, 0.29) is 11.6 Å². The first-order chi connectivity index (χ1) is 7.66. The number of hydrogen-bond acceptors (Lipinski definition) is 3. The van der Waals surface area contributed by atoms with E-state index in [0.717, 1.165) is 26.2 Å². The number of piperazine rings is 1. The maximum atomic E-state index is 5.71. The van der Waals surface area contributed by atoms with E-state index in [9.17, 15) is 0 Å². The number of ether oxygens (including phenoxy) is 1. The van der Waals surface area contributed by atoms with Gasteiger partial charge in [0.1, 0.15) is 0 Å².